The average molecular weight is 233 g/mol. The van der Waals surface area contributed by atoms with Crippen molar-refractivity contribution in [3.63, 3.8) is 0 Å². The first kappa shape index (κ1) is 11.2. The fourth-order valence-corrected chi connectivity index (χ4v) is 1.83. The van der Waals surface area contributed by atoms with Gasteiger partial charge in [0.2, 0.25) is 0 Å². The second kappa shape index (κ2) is 3.94. The van der Waals surface area contributed by atoms with Gasteiger partial charge in [-0.2, -0.15) is 0 Å². The van der Waals surface area contributed by atoms with Crippen LogP contribution in [0.4, 0.5) is 0 Å². The third kappa shape index (κ3) is 1.97. The van der Waals surface area contributed by atoms with Gasteiger partial charge in [-0.25, -0.2) is 0 Å². The van der Waals surface area contributed by atoms with E-state index in [9.17, 15) is 0 Å². The maximum absolute atomic E-state index is 4.35. The van der Waals surface area contributed by atoms with Gasteiger partial charge in [0, 0.05) is 11.1 Å². The minimum Gasteiger partial charge on any atom is -0.274 e. The summed E-state index contributed by atoms with van der Waals surface area (Å²) in [5.74, 6) is 0.920. The molecule has 0 amide bonds. The Morgan fingerprint density at radius 1 is 1.06 bits per heavy atom. The third-order valence-corrected chi connectivity index (χ3v) is 2.62. The Labute approximate surface area is 101 Å². The van der Waals surface area contributed by atoms with Crippen molar-refractivity contribution in [2.75, 3.05) is 0 Å². The van der Waals surface area contributed by atoms with Gasteiger partial charge < -0.3 is 0 Å². The highest BCUT2D eigenvalue weighted by atomic mass is 32.1. The van der Waals surface area contributed by atoms with Crippen molar-refractivity contribution in [1.82, 2.24) is 14.8 Å². The van der Waals surface area contributed by atoms with E-state index in [1.807, 2.05) is 34.9 Å². The van der Waals surface area contributed by atoms with Crippen molar-refractivity contribution in [3.05, 3.63) is 36.2 Å². The molecule has 0 saturated heterocycles. The first-order valence-electron chi connectivity index (χ1n) is 5.20. The lowest BCUT2D eigenvalue weighted by Gasteiger charge is -2.19. The summed E-state index contributed by atoms with van der Waals surface area (Å²) in [6, 6.07) is 10.0. The second-order valence-electron chi connectivity index (χ2n) is 4.74. The molecule has 0 saturated carbocycles. The number of hydrogen-bond donors (Lipinski definition) is 1. The van der Waals surface area contributed by atoms with E-state index >= 15 is 0 Å². The van der Waals surface area contributed by atoms with Crippen LogP contribution in [-0.2, 0) is 5.41 Å². The number of rotatable bonds is 1. The molecular weight excluding hydrogens is 218 g/mol. The molecule has 0 spiro atoms. The molecule has 0 N–H and O–H groups in total. The molecule has 1 heterocycles. The lowest BCUT2D eigenvalue weighted by Crippen LogP contribution is -2.18. The van der Waals surface area contributed by atoms with Crippen LogP contribution in [0.3, 0.4) is 0 Å². The molecule has 1 aromatic carbocycles. The van der Waals surface area contributed by atoms with Gasteiger partial charge >= 0.3 is 0 Å². The summed E-state index contributed by atoms with van der Waals surface area (Å²) < 4.78 is 1.98. The predicted octanol–water partition coefficient (Wildman–Crippen LogP) is 2.85. The van der Waals surface area contributed by atoms with Crippen LogP contribution in [0.15, 0.2) is 35.5 Å². The van der Waals surface area contributed by atoms with Crippen molar-refractivity contribution in [3.8, 4) is 5.69 Å². The lowest BCUT2D eigenvalue weighted by atomic mass is 9.95. The Balaban J connectivity index is 2.61. The van der Waals surface area contributed by atoms with Crippen LogP contribution in [-0.4, -0.2) is 14.8 Å². The van der Waals surface area contributed by atoms with E-state index in [1.165, 1.54) is 0 Å². The van der Waals surface area contributed by atoms with Gasteiger partial charge in [0.05, 0.1) is 0 Å². The molecule has 0 atom stereocenters. The Bertz CT molecular complexity index is 483. The van der Waals surface area contributed by atoms with E-state index in [0.717, 1.165) is 11.5 Å². The summed E-state index contributed by atoms with van der Waals surface area (Å²) in [6.07, 6.45) is 0. The molecule has 0 unspecified atom stereocenters. The molecular formula is C12H15N3S. The van der Waals surface area contributed by atoms with Gasteiger partial charge in [-0.05, 0) is 12.1 Å². The summed E-state index contributed by atoms with van der Waals surface area (Å²) in [5, 5.41) is 8.86. The van der Waals surface area contributed by atoms with Gasteiger partial charge in [-0.1, -0.05) is 39.0 Å². The van der Waals surface area contributed by atoms with Gasteiger partial charge in [-0.3, -0.25) is 4.57 Å². The molecule has 2 rings (SSSR count). The van der Waals surface area contributed by atoms with Crippen molar-refractivity contribution in [1.29, 1.82) is 0 Å². The molecule has 3 nitrogen and oxygen atoms in total. The zero-order chi connectivity index (χ0) is 11.8. The fourth-order valence-electron chi connectivity index (χ4n) is 1.58. The summed E-state index contributed by atoms with van der Waals surface area (Å²) in [5.41, 5.74) is 0.992. The van der Waals surface area contributed by atoms with Gasteiger partial charge in [0.15, 0.2) is 5.16 Å². The highest BCUT2D eigenvalue weighted by molar-refractivity contribution is 7.80. The van der Waals surface area contributed by atoms with Crippen molar-refractivity contribution in [2.45, 2.75) is 31.3 Å². The van der Waals surface area contributed by atoms with Crippen LogP contribution in [0.5, 0.6) is 0 Å². The predicted molar refractivity (Wildman–Crippen MR) is 67.3 cm³/mol. The first-order chi connectivity index (χ1) is 7.50. The standard InChI is InChI=1S/C12H15N3S/c1-12(2,3)10-13-14-11(16)15(10)9-7-5-4-6-8-9/h4-8H,1-3H3,(H,14,16). The summed E-state index contributed by atoms with van der Waals surface area (Å²) in [7, 11) is 0. The Morgan fingerprint density at radius 3 is 2.25 bits per heavy atom. The topological polar surface area (TPSA) is 30.7 Å². The van der Waals surface area contributed by atoms with Crippen molar-refractivity contribution in [2.24, 2.45) is 0 Å². The van der Waals surface area contributed by atoms with Crippen LogP contribution in [0.1, 0.15) is 26.6 Å². The quantitative estimate of drug-likeness (QED) is 0.768. The normalized spacial score (nSPS) is 11.8. The maximum atomic E-state index is 4.35. The van der Waals surface area contributed by atoms with E-state index < -0.39 is 0 Å². The number of benzene rings is 1. The highest BCUT2D eigenvalue weighted by Crippen LogP contribution is 2.25. The molecule has 0 aliphatic heterocycles. The van der Waals surface area contributed by atoms with Crippen molar-refractivity contribution < 1.29 is 0 Å². The Hall–Kier alpha value is -1.29. The maximum Gasteiger partial charge on any atom is 0.192 e. The first-order valence-corrected chi connectivity index (χ1v) is 5.65. The summed E-state index contributed by atoms with van der Waals surface area (Å²) in [6.45, 7) is 6.34. The molecule has 4 heteroatoms. The number of aromatic nitrogens is 3. The van der Waals surface area contributed by atoms with Crippen LogP contribution in [0.2, 0.25) is 0 Å². The van der Waals surface area contributed by atoms with E-state index in [4.69, 9.17) is 0 Å². The van der Waals surface area contributed by atoms with Crippen LogP contribution in [0.25, 0.3) is 5.69 Å². The smallest absolute Gasteiger partial charge is 0.192 e. The molecule has 0 aliphatic carbocycles. The second-order valence-corrected chi connectivity index (χ2v) is 5.14. The minimum absolute atomic E-state index is 0.0518. The molecule has 0 aliphatic rings. The number of thiol groups is 1. The monoisotopic (exact) mass is 233 g/mol. The largest absolute Gasteiger partial charge is 0.274 e. The fraction of sp³-hybridized carbons (Fsp3) is 0.333. The lowest BCUT2D eigenvalue weighted by molar-refractivity contribution is 0.529. The Morgan fingerprint density at radius 2 is 1.69 bits per heavy atom. The molecule has 0 fully saturated rings. The minimum atomic E-state index is -0.0518. The zero-order valence-corrected chi connectivity index (χ0v) is 10.6. The number of hydrogen-bond acceptors (Lipinski definition) is 3. The molecule has 84 valence electrons. The highest BCUT2D eigenvalue weighted by Gasteiger charge is 2.23. The van der Waals surface area contributed by atoms with Crippen LogP contribution >= 0.6 is 12.6 Å². The number of nitrogens with zero attached hydrogens (tertiary/aromatic N) is 3. The summed E-state index contributed by atoms with van der Waals surface area (Å²) in [4.78, 5) is 0. The van der Waals surface area contributed by atoms with Crippen molar-refractivity contribution >= 4 is 12.6 Å². The van der Waals surface area contributed by atoms with Crippen LogP contribution in [0, 0.1) is 0 Å². The Kier molecular flexibility index (Phi) is 2.76. The zero-order valence-electron chi connectivity index (χ0n) is 9.68. The van der Waals surface area contributed by atoms with Gasteiger partial charge in [-0.15, -0.1) is 22.8 Å². The van der Waals surface area contributed by atoms with E-state index in [0.29, 0.717) is 5.16 Å². The number of para-hydroxylation sites is 1. The molecule has 0 bridgehead atoms. The van der Waals surface area contributed by atoms with E-state index in [-0.39, 0.29) is 5.41 Å². The molecule has 2 aromatic rings. The van der Waals surface area contributed by atoms with E-state index in [1.54, 1.807) is 0 Å². The van der Waals surface area contributed by atoms with Gasteiger partial charge in [0.1, 0.15) is 5.82 Å². The molecule has 16 heavy (non-hydrogen) atoms. The van der Waals surface area contributed by atoms with E-state index in [2.05, 4.69) is 43.6 Å². The van der Waals surface area contributed by atoms with Gasteiger partial charge in [0.25, 0.3) is 0 Å². The van der Waals surface area contributed by atoms with Crippen LogP contribution < -0.4 is 0 Å². The third-order valence-electron chi connectivity index (χ3n) is 2.33. The summed E-state index contributed by atoms with van der Waals surface area (Å²) >= 11 is 4.35. The molecule has 0 radical (unpaired) electrons. The average Bonchev–Trinajstić information content (AvgIpc) is 2.61. The SMILES string of the molecule is CC(C)(C)c1nnc(S)n1-c1ccccc1. The molecule has 1 aromatic heterocycles.